The lowest BCUT2D eigenvalue weighted by Gasteiger charge is -2.21. The number of nitrogens with one attached hydrogen (secondary N) is 4. The van der Waals surface area contributed by atoms with Crippen LogP contribution in [0.1, 0.15) is 99.4 Å². The van der Waals surface area contributed by atoms with Gasteiger partial charge in [0.1, 0.15) is 29.6 Å². The molecule has 0 aliphatic carbocycles. The molecule has 3 saturated heterocycles. The van der Waals surface area contributed by atoms with Crippen LogP contribution in [0.3, 0.4) is 0 Å². The summed E-state index contributed by atoms with van der Waals surface area (Å²) in [4.78, 5) is 51.4. The van der Waals surface area contributed by atoms with Crippen LogP contribution in [0.5, 0.6) is 0 Å². The van der Waals surface area contributed by atoms with Crippen molar-refractivity contribution in [3.63, 3.8) is 0 Å². The molecule has 3 aliphatic rings. The number of thiophene rings is 2. The SMILES string of the molecule is C#CCOC1CCCCO1.CC#CCOC1CCCCO1.COC(=O)c1sc(C)cc1NC(=O)Nc1ccc(Br)c2ccccc12.COC(=O)c1sc(C)cc1NC(=O)Nc1ccc(C#CCOC2CCCCO2)c2ccccc12. The van der Waals surface area contributed by atoms with E-state index in [1.165, 1.54) is 56.2 Å². The first-order valence-electron chi connectivity index (χ1n) is 26.1. The molecule has 4 amide bonds. The normalized spacial score (nSPS) is 16.3. The van der Waals surface area contributed by atoms with Crippen LogP contribution in [0.15, 0.2) is 89.4 Å². The van der Waals surface area contributed by atoms with Crippen molar-refractivity contribution in [3.05, 3.63) is 114 Å². The maximum absolute atomic E-state index is 12.7. The highest BCUT2D eigenvalue weighted by atomic mass is 79.9. The average Bonchev–Trinajstić information content (AvgIpc) is 4.09. The number of aryl methyl sites for hydroxylation is 2. The number of rotatable bonds is 12. The fourth-order valence-electron chi connectivity index (χ4n) is 8.28. The van der Waals surface area contributed by atoms with Crippen LogP contribution in [0, 0.1) is 49.9 Å². The highest BCUT2D eigenvalue weighted by molar-refractivity contribution is 9.10. The third-order valence-electron chi connectivity index (χ3n) is 12.1. The molecule has 80 heavy (non-hydrogen) atoms. The summed E-state index contributed by atoms with van der Waals surface area (Å²) in [6, 6.07) is 25.5. The Morgan fingerprint density at radius 3 is 1.45 bits per heavy atom. The molecule has 0 radical (unpaired) electrons. The Morgan fingerprint density at radius 2 is 1.00 bits per heavy atom. The number of amides is 4. The van der Waals surface area contributed by atoms with Gasteiger partial charge in [-0.25, -0.2) is 19.2 Å². The van der Waals surface area contributed by atoms with Gasteiger partial charge in [0.25, 0.3) is 0 Å². The summed E-state index contributed by atoms with van der Waals surface area (Å²) in [5, 5.41) is 14.9. The van der Waals surface area contributed by atoms with E-state index in [0.29, 0.717) is 52.3 Å². The summed E-state index contributed by atoms with van der Waals surface area (Å²) in [5.74, 6) is 13.3. The second-order valence-corrected chi connectivity index (χ2v) is 21.3. The highest BCUT2D eigenvalue weighted by Gasteiger charge is 2.21. The standard InChI is InChI=1S/C26H26N2O5S.C18H15BrN2O3S.C9H14O2.C8H12O2/c1-17-16-22(24(34-17)25(29)31-2)28-26(30)27-21-13-12-18(19-9-3-4-10-20(19)21)8-7-15-33-23-11-5-6-14-32-23;1-10-9-15(16(25-10)17(22)24-2)21-18(23)20-14-8-7-13(19)11-5-3-4-6-12(11)14;1-2-3-7-10-9-6-4-5-8-11-9;1-2-6-9-8-5-3-4-7-10-8/h3-4,9-10,12-13,16,23H,5-6,11,14-15H2,1-2H3,(H2,27,28,30);3-9H,1-2H3,(H2,20,21,23);9H,4-8H2,1H3;1,8H,3-7H2. The van der Waals surface area contributed by atoms with Gasteiger partial charge >= 0.3 is 24.0 Å². The summed E-state index contributed by atoms with van der Waals surface area (Å²) in [6.07, 6.45) is 14.6. The Kier molecular flexibility index (Phi) is 26.3. The number of hydrogen-bond donors (Lipinski definition) is 4. The molecule has 0 saturated carbocycles. The zero-order valence-electron chi connectivity index (χ0n) is 45.6. The molecule has 3 aliphatic heterocycles. The van der Waals surface area contributed by atoms with Crippen molar-refractivity contribution in [2.45, 2.75) is 97.4 Å². The zero-order valence-corrected chi connectivity index (χ0v) is 48.8. The second-order valence-electron chi connectivity index (χ2n) is 17.9. The number of benzene rings is 4. The van der Waals surface area contributed by atoms with Gasteiger partial charge in [-0.05, 0) is 126 Å². The number of anilines is 4. The molecule has 0 spiro atoms. The second kappa shape index (κ2) is 33.7. The van der Waals surface area contributed by atoms with Gasteiger partial charge in [0, 0.05) is 50.4 Å². The molecule has 19 heteroatoms. The minimum Gasteiger partial charge on any atom is -0.465 e. The van der Waals surface area contributed by atoms with E-state index in [-0.39, 0.29) is 18.9 Å². The number of carbonyl (C=O) groups excluding carboxylic acids is 4. The molecule has 6 aromatic rings. The lowest BCUT2D eigenvalue weighted by atomic mass is 10.0. The molecular weight excluding hydrogens is 1120 g/mol. The van der Waals surface area contributed by atoms with Gasteiger partial charge in [-0.15, -0.1) is 35.0 Å². The maximum Gasteiger partial charge on any atom is 0.350 e. The van der Waals surface area contributed by atoms with Crippen LogP contribution >= 0.6 is 38.6 Å². The van der Waals surface area contributed by atoms with Gasteiger partial charge < -0.3 is 59.2 Å². The number of hydrogen-bond acceptors (Lipinski definition) is 14. The van der Waals surface area contributed by atoms with E-state index in [4.69, 9.17) is 44.3 Å². The van der Waals surface area contributed by atoms with Gasteiger partial charge in [0.2, 0.25) is 0 Å². The van der Waals surface area contributed by atoms with E-state index in [2.05, 4.69) is 66.8 Å². The Bertz CT molecular complexity index is 3190. The van der Waals surface area contributed by atoms with Crippen LogP contribution in [0.2, 0.25) is 0 Å². The van der Waals surface area contributed by atoms with E-state index in [9.17, 15) is 19.2 Å². The number of methoxy groups -OCH3 is 2. The first-order valence-corrected chi connectivity index (χ1v) is 28.6. The highest BCUT2D eigenvalue weighted by Crippen LogP contribution is 2.33. The molecule has 4 N–H and O–H groups in total. The van der Waals surface area contributed by atoms with Gasteiger partial charge in [-0.1, -0.05) is 88.1 Å². The van der Waals surface area contributed by atoms with Crippen molar-refractivity contribution in [3.8, 4) is 36.0 Å². The van der Waals surface area contributed by atoms with Crippen molar-refractivity contribution in [2.75, 3.05) is 75.1 Å². The van der Waals surface area contributed by atoms with E-state index < -0.39 is 24.0 Å². The molecule has 3 atom stereocenters. The maximum atomic E-state index is 12.7. The van der Waals surface area contributed by atoms with Crippen molar-refractivity contribution in [1.82, 2.24) is 0 Å². The molecular formula is C61H67BrN4O12S2. The molecule has 4 aromatic carbocycles. The molecule has 16 nitrogen and oxygen atoms in total. The predicted octanol–water partition coefficient (Wildman–Crippen LogP) is 13.7. The van der Waals surface area contributed by atoms with Crippen molar-refractivity contribution < 1.29 is 57.1 Å². The van der Waals surface area contributed by atoms with E-state index in [0.717, 1.165) is 99.7 Å². The van der Waals surface area contributed by atoms with Crippen molar-refractivity contribution in [2.24, 2.45) is 0 Å². The Morgan fingerprint density at radius 1 is 0.575 bits per heavy atom. The smallest absolute Gasteiger partial charge is 0.350 e. The number of halogens is 1. The summed E-state index contributed by atoms with van der Waals surface area (Å²) < 4.78 is 42.9. The van der Waals surface area contributed by atoms with Crippen molar-refractivity contribution >= 4 is 107 Å². The Labute approximate surface area is 484 Å². The third-order valence-corrected chi connectivity index (χ3v) is 14.8. The topological polar surface area (TPSA) is 190 Å². The number of esters is 2. The molecule has 9 rings (SSSR count). The number of urea groups is 2. The fourth-order valence-corrected chi connectivity index (χ4v) is 10.5. The Balaban J connectivity index is 0.000000194. The van der Waals surface area contributed by atoms with E-state index in [1.54, 1.807) is 12.1 Å². The van der Waals surface area contributed by atoms with E-state index >= 15 is 0 Å². The first-order chi connectivity index (χ1) is 38.9. The number of ether oxygens (including phenoxy) is 8. The Hall–Kier alpha value is -6.80. The predicted molar refractivity (Wildman–Crippen MR) is 319 cm³/mol. The summed E-state index contributed by atoms with van der Waals surface area (Å²) in [7, 11) is 2.63. The quantitative estimate of drug-likeness (QED) is 0.0671. The number of terminal acetylenes is 1. The summed E-state index contributed by atoms with van der Waals surface area (Å²) >= 11 is 6.05. The number of carbonyl (C=O) groups is 4. The molecule has 5 heterocycles. The minimum absolute atomic E-state index is 0.00426. The van der Waals surface area contributed by atoms with Crippen LogP contribution in [0.4, 0.5) is 32.3 Å². The molecule has 3 unspecified atom stereocenters. The lowest BCUT2D eigenvalue weighted by molar-refractivity contribution is -0.154. The first kappa shape index (κ1) is 62.4. The molecule has 2 aromatic heterocycles. The molecule has 0 bridgehead atoms. The average molecular weight is 1190 g/mol. The zero-order chi connectivity index (χ0) is 57.1. The van der Waals surface area contributed by atoms with Crippen molar-refractivity contribution in [1.29, 1.82) is 0 Å². The third kappa shape index (κ3) is 19.8. The largest absolute Gasteiger partial charge is 0.465 e. The molecule has 3 fully saturated rings. The fraction of sp³-hybridized carbons (Fsp3) is 0.377. The van der Waals surface area contributed by atoms with Gasteiger partial charge in [0.05, 0.1) is 37.0 Å². The van der Waals surface area contributed by atoms with Crippen LogP contribution < -0.4 is 21.3 Å². The van der Waals surface area contributed by atoms with Crippen LogP contribution in [-0.2, 0) is 37.9 Å². The van der Waals surface area contributed by atoms with E-state index in [1.807, 2.05) is 93.6 Å². The van der Waals surface area contributed by atoms with Gasteiger partial charge in [-0.2, -0.15) is 0 Å². The van der Waals surface area contributed by atoms with Crippen LogP contribution in [-0.4, -0.2) is 96.7 Å². The van der Waals surface area contributed by atoms with Crippen LogP contribution in [0.25, 0.3) is 21.5 Å². The number of fused-ring (bicyclic) bond motifs is 2. The molecule has 422 valence electrons. The monoisotopic (exact) mass is 1190 g/mol. The lowest BCUT2D eigenvalue weighted by Crippen LogP contribution is -2.22. The summed E-state index contributed by atoms with van der Waals surface area (Å²) in [5.41, 5.74) is 3.02. The minimum atomic E-state index is -0.485. The van der Waals surface area contributed by atoms with Gasteiger partial charge in [-0.3, -0.25) is 0 Å². The van der Waals surface area contributed by atoms with Gasteiger partial charge in [0.15, 0.2) is 18.9 Å². The summed E-state index contributed by atoms with van der Waals surface area (Å²) in [6.45, 7) is 9.09.